The molecule has 1 aliphatic carbocycles. The summed E-state index contributed by atoms with van der Waals surface area (Å²) in [5.41, 5.74) is 6.04. The molecule has 1 unspecified atom stereocenters. The zero-order valence-electron chi connectivity index (χ0n) is 11.8. The second-order valence-electron chi connectivity index (χ2n) is 6.41. The molecular formula is C14H25N3O. The van der Waals surface area contributed by atoms with E-state index in [2.05, 4.69) is 30.9 Å². The highest BCUT2D eigenvalue weighted by Gasteiger charge is 2.30. The van der Waals surface area contributed by atoms with Crippen LogP contribution in [0.5, 0.6) is 0 Å². The van der Waals surface area contributed by atoms with Gasteiger partial charge in [-0.1, -0.05) is 25.9 Å². The van der Waals surface area contributed by atoms with Crippen molar-refractivity contribution in [3.63, 3.8) is 0 Å². The summed E-state index contributed by atoms with van der Waals surface area (Å²) in [5, 5.41) is 4.16. The third kappa shape index (κ3) is 3.10. The number of nitrogens with zero attached hydrogens (tertiary/aromatic N) is 2. The molecule has 102 valence electrons. The molecule has 1 saturated carbocycles. The first-order chi connectivity index (χ1) is 8.52. The second kappa shape index (κ2) is 5.39. The van der Waals surface area contributed by atoms with Crippen LogP contribution in [-0.4, -0.2) is 16.7 Å². The van der Waals surface area contributed by atoms with Crippen LogP contribution in [0.3, 0.4) is 0 Å². The molecule has 0 spiro atoms. The number of hydrogen-bond acceptors (Lipinski definition) is 4. The Hall–Kier alpha value is -0.900. The SMILES string of the molecule is CC(CCN)c1nc(C2CCC(C)(C)CC2)no1. The Bertz CT molecular complexity index is 376. The predicted molar refractivity (Wildman–Crippen MR) is 71.4 cm³/mol. The van der Waals surface area contributed by atoms with Gasteiger partial charge in [0.2, 0.25) is 5.89 Å². The molecule has 4 heteroatoms. The maximum Gasteiger partial charge on any atom is 0.229 e. The second-order valence-corrected chi connectivity index (χ2v) is 6.41. The Morgan fingerprint density at radius 3 is 2.67 bits per heavy atom. The van der Waals surface area contributed by atoms with Crippen molar-refractivity contribution < 1.29 is 4.52 Å². The molecule has 1 aromatic rings. The maximum atomic E-state index is 5.56. The van der Waals surface area contributed by atoms with E-state index >= 15 is 0 Å². The van der Waals surface area contributed by atoms with Gasteiger partial charge in [-0.2, -0.15) is 4.98 Å². The first kappa shape index (κ1) is 13.5. The van der Waals surface area contributed by atoms with E-state index in [-0.39, 0.29) is 5.92 Å². The van der Waals surface area contributed by atoms with Crippen molar-refractivity contribution in [3.05, 3.63) is 11.7 Å². The molecule has 18 heavy (non-hydrogen) atoms. The van der Waals surface area contributed by atoms with Gasteiger partial charge >= 0.3 is 0 Å². The minimum absolute atomic E-state index is 0.274. The zero-order valence-corrected chi connectivity index (χ0v) is 11.8. The van der Waals surface area contributed by atoms with Gasteiger partial charge < -0.3 is 10.3 Å². The van der Waals surface area contributed by atoms with Gasteiger partial charge in [0.1, 0.15) is 0 Å². The summed E-state index contributed by atoms with van der Waals surface area (Å²) >= 11 is 0. The molecule has 0 bridgehead atoms. The molecule has 0 amide bonds. The van der Waals surface area contributed by atoms with Crippen LogP contribution in [0.15, 0.2) is 4.52 Å². The standard InChI is InChI=1S/C14H25N3O/c1-10(6-9-15)13-16-12(17-18-13)11-4-7-14(2,3)8-5-11/h10-11H,4-9,15H2,1-3H3. The Morgan fingerprint density at radius 1 is 1.39 bits per heavy atom. The normalized spacial score (nSPS) is 22.0. The quantitative estimate of drug-likeness (QED) is 0.892. The smallest absolute Gasteiger partial charge is 0.229 e. The van der Waals surface area contributed by atoms with E-state index in [1.54, 1.807) is 0 Å². The van der Waals surface area contributed by atoms with Crippen LogP contribution >= 0.6 is 0 Å². The molecule has 1 heterocycles. The van der Waals surface area contributed by atoms with Crippen molar-refractivity contribution in [1.29, 1.82) is 0 Å². The highest BCUT2D eigenvalue weighted by molar-refractivity contribution is 5.01. The Kier molecular flexibility index (Phi) is 4.05. The van der Waals surface area contributed by atoms with Gasteiger partial charge in [0.15, 0.2) is 5.82 Å². The first-order valence-electron chi connectivity index (χ1n) is 7.05. The lowest BCUT2D eigenvalue weighted by Gasteiger charge is -2.32. The van der Waals surface area contributed by atoms with Crippen LogP contribution in [-0.2, 0) is 0 Å². The highest BCUT2D eigenvalue weighted by Crippen LogP contribution is 2.41. The fourth-order valence-corrected chi connectivity index (χ4v) is 2.64. The van der Waals surface area contributed by atoms with E-state index in [9.17, 15) is 0 Å². The highest BCUT2D eigenvalue weighted by atomic mass is 16.5. The van der Waals surface area contributed by atoms with Crippen LogP contribution in [0.1, 0.15) is 76.4 Å². The lowest BCUT2D eigenvalue weighted by atomic mass is 9.73. The maximum absolute atomic E-state index is 5.56. The number of rotatable bonds is 4. The molecule has 2 N–H and O–H groups in total. The number of nitrogens with two attached hydrogens (primary N) is 1. The topological polar surface area (TPSA) is 64.9 Å². The van der Waals surface area contributed by atoms with Gasteiger partial charge in [-0.25, -0.2) is 0 Å². The fourth-order valence-electron chi connectivity index (χ4n) is 2.64. The van der Waals surface area contributed by atoms with E-state index in [0.717, 1.165) is 18.1 Å². The van der Waals surface area contributed by atoms with Gasteiger partial charge in [0.25, 0.3) is 0 Å². The van der Waals surface area contributed by atoms with Crippen molar-refractivity contribution in [3.8, 4) is 0 Å². The minimum atomic E-state index is 0.274. The average Bonchev–Trinajstić information content (AvgIpc) is 2.79. The molecule has 2 rings (SSSR count). The molecular weight excluding hydrogens is 226 g/mol. The van der Waals surface area contributed by atoms with E-state index < -0.39 is 0 Å². The summed E-state index contributed by atoms with van der Waals surface area (Å²) in [7, 11) is 0. The summed E-state index contributed by atoms with van der Waals surface area (Å²) in [4.78, 5) is 4.57. The zero-order chi connectivity index (χ0) is 13.2. The van der Waals surface area contributed by atoms with Gasteiger partial charge in [0, 0.05) is 11.8 Å². The summed E-state index contributed by atoms with van der Waals surface area (Å²) in [6, 6.07) is 0. The van der Waals surface area contributed by atoms with Crippen LogP contribution in [0.25, 0.3) is 0 Å². The van der Waals surface area contributed by atoms with Crippen LogP contribution in [0.2, 0.25) is 0 Å². The molecule has 4 nitrogen and oxygen atoms in total. The summed E-state index contributed by atoms with van der Waals surface area (Å²) in [6.45, 7) is 7.44. The van der Waals surface area contributed by atoms with Crippen LogP contribution < -0.4 is 5.73 Å². The van der Waals surface area contributed by atoms with Gasteiger partial charge in [-0.3, -0.25) is 0 Å². The molecule has 1 atom stereocenters. The molecule has 0 aliphatic heterocycles. The lowest BCUT2D eigenvalue weighted by molar-refractivity contribution is 0.218. The van der Waals surface area contributed by atoms with Crippen LogP contribution in [0.4, 0.5) is 0 Å². The number of hydrogen-bond donors (Lipinski definition) is 1. The monoisotopic (exact) mass is 251 g/mol. The molecule has 1 fully saturated rings. The van der Waals surface area contributed by atoms with E-state index in [0.29, 0.717) is 17.9 Å². The van der Waals surface area contributed by atoms with Gasteiger partial charge in [-0.05, 0) is 44.1 Å². The number of aromatic nitrogens is 2. The Morgan fingerprint density at radius 2 is 2.06 bits per heavy atom. The minimum Gasteiger partial charge on any atom is -0.339 e. The third-order valence-corrected chi connectivity index (χ3v) is 4.18. The van der Waals surface area contributed by atoms with Crippen molar-refractivity contribution in [2.75, 3.05) is 6.54 Å². The molecule has 0 aromatic carbocycles. The van der Waals surface area contributed by atoms with Gasteiger partial charge in [-0.15, -0.1) is 0 Å². The van der Waals surface area contributed by atoms with Crippen molar-refractivity contribution in [2.45, 2.75) is 64.7 Å². The average molecular weight is 251 g/mol. The van der Waals surface area contributed by atoms with E-state index in [1.807, 2.05) is 0 Å². The van der Waals surface area contributed by atoms with E-state index in [1.165, 1.54) is 25.7 Å². The molecule has 1 aliphatic rings. The van der Waals surface area contributed by atoms with Crippen LogP contribution in [0, 0.1) is 5.41 Å². The first-order valence-corrected chi connectivity index (χ1v) is 7.05. The molecule has 0 saturated heterocycles. The summed E-state index contributed by atoms with van der Waals surface area (Å²) in [5.74, 6) is 2.42. The molecule has 1 aromatic heterocycles. The Balaban J connectivity index is 1.98. The van der Waals surface area contributed by atoms with Gasteiger partial charge in [0.05, 0.1) is 0 Å². The third-order valence-electron chi connectivity index (χ3n) is 4.18. The van der Waals surface area contributed by atoms with Crippen molar-refractivity contribution >= 4 is 0 Å². The summed E-state index contributed by atoms with van der Waals surface area (Å²) < 4.78 is 5.37. The fraction of sp³-hybridized carbons (Fsp3) is 0.857. The Labute approximate surface area is 109 Å². The summed E-state index contributed by atoms with van der Waals surface area (Å²) in [6.07, 6.45) is 5.76. The van der Waals surface area contributed by atoms with Crippen molar-refractivity contribution in [2.24, 2.45) is 11.1 Å². The molecule has 0 radical (unpaired) electrons. The predicted octanol–water partition coefficient (Wildman–Crippen LogP) is 3.21. The van der Waals surface area contributed by atoms with E-state index in [4.69, 9.17) is 10.3 Å². The largest absolute Gasteiger partial charge is 0.339 e. The lowest BCUT2D eigenvalue weighted by Crippen LogP contribution is -2.20. The van der Waals surface area contributed by atoms with Crippen molar-refractivity contribution in [1.82, 2.24) is 10.1 Å².